The molecule has 0 radical (unpaired) electrons. The number of nitrogens with zero attached hydrogens (tertiary/aromatic N) is 2. The van der Waals surface area contributed by atoms with E-state index >= 15 is 0 Å². The summed E-state index contributed by atoms with van der Waals surface area (Å²) in [6, 6.07) is 11.0. The molecule has 2 unspecified atom stereocenters. The number of rotatable bonds is 10. The van der Waals surface area contributed by atoms with Gasteiger partial charge in [0.05, 0.1) is 0 Å². The van der Waals surface area contributed by atoms with Crippen LogP contribution in [0.4, 0.5) is 0 Å². The predicted octanol–water partition coefficient (Wildman–Crippen LogP) is 3.41. The molecule has 6 nitrogen and oxygen atoms in total. The molecule has 2 atom stereocenters. The van der Waals surface area contributed by atoms with Gasteiger partial charge in [0.25, 0.3) is 0 Å². The first-order valence-electron chi connectivity index (χ1n) is 10.9. The second kappa shape index (κ2) is 12.1. The minimum atomic E-state index is -0.570. The zero-order valence-corrected chi connectivity index (χ0v) is 20.1. The SMILES string of the molecule is Cc1cc(OCC(O)CN2CCN(CC(O)COc3ccc(Cl)c(C)c3)CC2)ccc1Cl. The molecule has 1 saturated heterocycles. The first-order valence-corrected chi connectivity index (χ1v) is 11.6. The predicted molar refractivity (Wildman–Crippen MR) is 128 cm³/mol. The molecule has 176 valence electrons. The van der Waals surface area contributed by atoms with Crippen molar-refractivity contribution in [3.8, 4) is 11.5 Å². The van der Waals surface area contributed by atoms with E-state index in [1.54, 1.807) is 12.1 Å². The van der Waals surface area contributed by atoms with Crippen LogP contribution >= 0.6 is 23.2 Å². The molecule has 1 heterocycles. The average molecular weight is 483 g/mol. The molecule has 3 rings (SSSR count). The summed E-state index contributed by atoms with van der Waals surface area (Å²) in [6.07, 6.45) is -1.14. The van der Waals surface area contributed by atoms with Crippen molar-refractivity contribution < 1.29 is 19.7 Å². The molecule has 8 heteroatoms. The molecular formula is C24H32Cl2N2O4. The van der Waals surface area contributed by atoms with Crippen molar-refractivity contribution in [2.24, 2.45) is 0 Å². The molecule has 0 spiro atoms. The molecule has 32 heavy (non-hydrogen) atoms. The third-order valence-corrected chi connectivity index (χ3v) is 6.39. The minimum absolute atomic E-state index is 0.238. The van der Waals surface area contributed by atoms with E-state index in [9.17, 15) is 10.2 Å². The standard InChI is InChI=1S/C24H32Cl2N2O4/c1-17-11-21(3-5-23(17)25)31-15-19(29)13-27-7-9-28(10-8-27)14-20(30)16-32-22-4-6-24(26)18(2)12-22/h3-6,11-12,19-20,29-30H,7-10,13-16H2,1-2H3. The van der Waals surface area contributed by atoms with E-state index in [0.717, 1.165) is 37.3 Å². The summed E-state index contributed by atoms with van der Waals surface area (Å²) in [7, 11) is 0. The lowest BCUT2D eigenvalue weighted by Gasteiger charge is -2.36. The topological polar surface area (TPSA) is 65.4 Å². The van der Waals surface area contributed by atoms with E-state index in [1.807, 2.05) is 38.1 Å². The van der Waals surface area contributed by atoms with Crippen molar-refractivity contribution in [2.45, 2.75) is 26.1 Å². The van der Waals surface area contributed by atoms with Gasteiger partial charge in [0.15, 0.2) is 0 Å². The summed E-state index contributed by atoms with van der Waals surface area (Å²) in [5.41, 5.74) is 1.90. The molecule has 1 aliphatic heterocycles. The van der Waals surface area contributed by atoms with Gasteiger partial charge in [-0.25, -0.2) is 0 Å². The Bertz CT molecular complexity index is 804. The van der Waals surface area contributed by atoms with Crippen molar-refractivity contribution >= 4 is 23.2 Å². The zero-order valence-electron chi connectivity index (χ0n) is 18.6. The van der Waals surface area contributed by atoms with E-state index < -0.39 is 12.2 Å². The number of β-amino-alcohol motifs (C(OH)–C–C–N with tert-alkyl or cyclic N) is 2. The van der Waals surface area contributed by atoms with Gasteiger partial charge in [-0.1, -0.05) is 23.2 Å². The Morgan fingerprint density at radius 1 is 0.750 bits per heavy atom. The highest BCUT2D eigenvalue weighted by Gasteiger charge is 2.21. The van der Waals surface area contributed by atoms with E-state index in [-0.39, 0.29) is 13.2 Å². The summed E-state index contributed by atoms with van der Waals surface area (Å²) >= 11 is 12.1. The molecule has 2 aromatic carbocycles. The second-order valence-electron chi connectivity index (χ2n) is 8.35. The first-order chi connectivity index (χ1) is 15.3. The summed E-state index contributed by atoms with van der Waals surface area (Å²) in [6.45, 7) is 8.77. The third kappa shape index (κ3) is 7.80. The van der Waals surface area contributed by atoms with Crippen molar-refractivity contribution in [3.05, 3.63) is 57.6 Å². The quantitative estimate of drug-likeness (QED) is 0.540. The molecule has 2 N–H and O–H groups in total. The average Bonchev–Trinajstić information content (AvgIpc) is 2.77. The summed E-state index contributed by atoms with van der Waals surface area (Å²) < 4.78 is 11.4. The van der Waals surface area contributed by atoms with Crippen LogP contribution in [0.5, 0.6) is 11.5 Å². The van der Waals surface area contributed by atoms with Gasteiger partial charge in [0, 0.05) is 49.3 Å². The van der Waals surface area contributed by atoms with Crippen LogP contribution in [-0.2, 0) is 0 Å². The number of ether oxygens (including phenoxy) is 2. The summed E-state index contributed by atoms with van der Waals surface area (Å²) in [5, 5.41) is 22.1. The second-order valence-corrected chi connectivity index (χ2v) is 9.17. The van der Waals surface area contributed by atoms with Crippen molar-refractivity contribution in [3.63, 3.8) is 0 Å². The van der Waals surface area contributed by atoms with Gasteiger partial charge in [-0.3, -0.25) is 9.80 Å². The molecule has 0 saturated carbocycles. The highest BCUT2D eigenvalue weighted by atomic mass is 35.5. The monoisotopic (exact) mass is 482 g/mol. The molecule has 2 aromatic rings. The van der Waals surface area contributed by atoms with E-state index in [4.69, 9.17) is 32.7 Å². The van der Waals surface area contributed by atoms with Gasteiger partial charge in [0.1, 0.15) is 36.9 Å². The van der Waals surface area contributed by atoms with Crippen LogP contribution in [0.2, 0.25) is 10.0 Å². The minimum Gasteiger partial charge on any atom is -0.491 e. The lowest BCUT2D eigenvalue weighted by Crippen LogP contribution is -2.51. The van der Waals surface area contributed by atoms with Crippen LogP contribution in [0.25, 0.3) is 0 Å². The van der Waals surface area contributed by atoms with Crippen LogP contribution in [0.3, 0.4) is 0 Å². The Morgan fingerprint density at radius 2 is 1.12 bits per heavy atom. The lowest BCUT2D eigenvalue weighted by atomic mass is 10.2. The molecule has 0 aromatic heterocycles. The Kier molecular flexibility index (Phi) is 9.46. The first kappa shape index (κ1) is 25.1. The lowest BCUT2D eigenvalue weighted by molar-refractivity contribution is 0.0240. The van der Waals surface area contributed by atoms with Crippen molar-refractivity contribution in [1.29, 1.82) is 0 Å². The third-order valence-electron chi connectivity index (χ3n) is 5.55. The summed E-state index contributed by atoms with van der Waals surface area (Å²) in [4.78, 5) is 4.44. The van der Waals surface area contributed by atoms with Crippen LogP contribution < -0.4 is 9.47 Å². The Morgan fingerprint density at radius 3 is 1.47 bits per heavy atom. The van der Waals surface area contributed by atoms with Crippen LogP contribution in [0.15, 0.2) is 36.4 Å². The van der Waals surface area contributed by atoms with Gasteiger partial charge in [0.2, 0.25) is 0 Å². The number of hydrogen-bond acceptors (Lipinski definition) is 6. The summed E-state index contributed by atoms with van der Waals surface area (Å²) in [5.74, 6) is 1.42. The maximum atomic E-state index is 10.3. The number of hydrogen-bond donors (Lipinski definition) is 2. The Balaban J connectivity index is 1.32. The maximum absolute atomic E-state index is 10.3. The Labute approximate surface area is 200 Å². The van der Waals surface area contributed by atoms with Gasteiger partial charge in [-0.2, -0.15) is 0 Å². The highest BCUT2D eigenvalue weighted by Crippen LogP contribution is 2.22. The van der Waals surface area contributed by atoms with Crippen LogP contribution in [-0.4, -0.2) is 84.7 Å². The molecule has 0 amide bonds. The normalized spacial score (nSPS) is 17.2. The Hall–Kier alpha value is -1.54. The van der Waals surface area contributed by atoms with Crippen molar-refractivity contribution in [2.75, 3.05) is 52.5 Å². The molecule has 1 fully saturated rings. The molecule has 0 aliphatic carbocycles. The fourth-order valence-electron chi connectivity index (χ4n) is 3.65. The van der Waals surface area contributed by atoms with E-state index in [2.05, 4.69) is 9.80 Å². The van der Waals surface area contributed by atoms with E-state index in [0.29, 0.717) is 34.6 Å². The van der Waals surface area contributed by atoms with Gasteiger partial charge >= 0.3 is 0 Å². The number of piperazine rings is 1. The fourth-order valence-corrected chi connectivity index (χ4v) is 3.89. The number of benzene rings is 2. The molecular weight excluding hydrogens is 451 g/mol. The number of aliphatic hydroxyl groups is 2. The largest absolute Gasteiger partial charge is 0.491 e. The molecule has 0 bridgehead atoms. The van der Waals surface area contributed by atoms with Crippen molar-refractivity contribution in [1.82, 2.24) is 9.80 Å². The fraction of sp³-hybridized carbons (Fsp3) is 0.500. The number of aryl methyl sites for hydroxylation is 2. The van der Waals surface area contributed by atoms with Crippen LogP contribution in [0, 0.1) is 13.8 Å². The van der Waals surface area contributed by atoms with Gasteiger partial charge in [-0.15, -0.1) is 0 Å². The smallest absolute Gasteiger partial charge is 0.119 e. The number of aliphatic hydroxyl groups excluding tert-OH is 2. The highest BCUT2D eigenvalue weighted by molar-refractivity contribution is 6.31. The number of halogens is 2. The van der Waals surface area contributed by atoms with Gasteiger partial charge in [-0.05, 0) is 61.4 Å². The zero-order chi connectivity index (χ0) is 23.1. The van der Waals surface area contributed by atoms with E-state index in [1.165, 1.54) is 0 Å². The van der Waals surface area contributed by atoms with Gasteiger partial charge < -0.3 is 19.7 Å². The molecule has 1 aliphatic rings. The maximum Gasteiger partial charge on any atom is 0.119 e. The van der Waals surface area contributed by atoms with Crippen LogP contribution in [0.1, 0.15) is 11.1 Å².